The van der Waals surface area contributed by atoms with Crippen molar-refractivity contribution < 1.29 is 0 Å². The van der Waals surface area contributed by atoms with Gasteiger partial charge in [0, 0.05) is 49.9 Å². The molecule has 0 saturated heterocycles. The van der Waals surface area contributed by atoms with Gasteiger partial charge in [0.15, 0.2) is 11.6 Å². The first-order valence-electron chi connectivity index (χ1n) is 15.8. The Hall–Kier alpha value is -6.73. The Labute approximate surface area is 274 Å². The standard InChI is InChI=1S/C41H25N7/c1-4-12-26(13-5-1)39-44-40(27-14-6-2-7-15-27)46-41(45-39)48-35-19-11-10-18-30(35)31-20-21-32-33-22-28-24-42-25-43-34(28)23-36(33)47(37(32)38(31)48)29-16-8-3-9-17-29/h1-25H. The van der Waals surface area contributed by atoms with Crippen molar-refractivity contribution in [2.45, 2.75) is 0 Å². The van der Waals surface area contributed by atoms with Crippen molar-refractivity contribution in [1.82, 2.24) is 34.1 Å². The molecule has 0 atom stereocenters. The molecule has 0 bridgehead atoms. The lowest BCUT2D eigenvalue weighted by atomic mass is 10.1. The van der Waals surface area contributed by atoms with Crippen LogP contribution >= 0.6 is 0 Å². The van der Waals surface area contributed by atoms with Crippen LogP contribution in [0.4, 0.5) is 0 Å². The summed E-state index contributed by atoms with van der Waals surface area (Å²) in [5, 5.41) is 5.48. The van der Waals surface area contributed by atoms with E-state index in [1.165, 1.54) is 0 Å². The van der Waals surface area contributed by atoms with Gasteiger partial charge in [-0.15, -0.1) is 0 Å². The molecule has 0 spiro atoms. The predicted molar refractivity (Wildman–Crippen MR) is 192 cm³/mol. The molecule has 4 heterocycles. The fourth-order valence-corrected chi connectivity index (χ4v) is 6.97. The third-order valence-corrected chi connectivity index (χ3v) is 9.09. The van der Waals surface area contributed by atoms with Gasteiger partial charge in [0.25, 0.3) is 0 Å². The largest absolute Gasteiger partial charge is 0.307 e. The maximum Gasteiger partial charge on any atom is 0.238 e. The fourth-order valence-electron chi connectivity index (χ4n) is 6.97. The highest BCUT2D eigenvalue weighted by molar-refractivity contribution is 6.24. The molecule has 0 fully saturated rings. The zero-order valence-electron chi connectivity index (χ0n) is 25.6. The fraction of sp³-hybridized carbons (Fsp3) is 0. The molecular formula is C41H25N7. The second-order valence-corrected chi connectivity index (χ2v) is 11.8. The van der Waals surface area contributed by atoms with Gasteiger partial charge in [0.05, 0.1) is 27.6 Å². The summed E-state index contributed by atoms with van der Waals surface area (Å²) >= 11 is 0. The number of para-hydroxylation sites is 2. The van der Waals surface area contributed by atoms with Gasteiger partial charge in [-0.1, -0.05) is 109 Å². The Bertz CT molecular complexity index is 2760. The molecule has 0 unspecified atom stereocenters. The molecule has 0 N–H and O–H groups in total. The van der Waals surface area contributed by atoms with Crippen LogP contribution in [0.5, 0.6) is 0 Å². The number of fused-ring (bicyclic) bond motifs is 8. The Morgan fingerprint density at radius 3 is 1.77 bits per heavy atom. The molecule has 7 nitrogen and oxygen atoms in total. The second-order valence-electron chi connectivity index (χ2n) is 11.8. The molecule has 10 aromatic rings. The molecule has 224 valence electrons. The quantitative estimate of drug-likeness (QED) is 0.197. The van der Waals surface area contributed by atoms with E-state index in [1.807, 2.05) is 72.9 Å². The van der Waals surface area contributed by atoms with Crippen LogP contribution in [0.2, 0.25) is 0 Å². The van der Waals surface area contributed by atoms with Gasteiger partial charge in [0.1, 0.15) is 6.33 Å². The topological polar surface area (TPSA) is 74.3 Å². The van der Waals surface area contributed by atoms with Crippen LogP contribution in [0.3, 0.4) is 0 Å². The molecule has 7 heteroatoms. The molecule has 0 aliphatic heterocycles. The Morgan fingerprint density at radius 1 is 0.458 bits per heavy atom. The molecule has 4 aromatic heterocycles. The maximum absolute atomic E-state index is 5.19. The van der Waals surface area contributed by atoms with Crippen molar-refractivity contribution >= 4 is 54.5 Å². The molecule has 0 saturated carbocycles. The summed E-state index contributed by atoms with van der Waals surface area (Å²) in [7, 11) is 0. The van der Waals surface area contributed by atoms with Crippen LogP contribution in [-0.4, -0.2) is 34.1 Å². The predicted octanol–water partition coefficient (Wildman–Crippen LogP) is 9.34. The van der Waals surface area contributed by atoms with E-state index in [1.54, 1.807) is 6.33 Å². The van der Waals surface area contributed by atoms with E-state index in [9.17, 15) is 0 Å². The van der Waals surface area contributed by atoms with Crippen LogP contribution in [0.25, 0.3) is 88.9 Å². The van der Waals surface area contributed by atoms with E-state index in [-0.39, 0.29) is 0 Å². The van der Waals surface area contributed by atoms with Crippen molar-refractivity contribution in [3.05, 3.63) is 152 Å². The average Bonchev–Trinajstić information content (AvgIpc) is 3.67. The van der Waals surface area contributed by atoms with Crippen LogP contribution in [0.1, 0.15) is 0 Å². The first-order chi connectivity index (χ1) is 23.8. The summed E-state index contributed by atoms with van der Waals surface area (Å²) < 4.78 is 4.56. The molecule has 48 heavy (non-hydrogen) atoms. The number of nitrogens with zero attached hydrogens (tertiary/aromatic N) is 7. The lowest BCUT2D eigenvalue weighted by Crippen LogP contribution is -2.07. The Balaban J connectivity index is 1.41. The normalized spacial score (nSPS) is 11.8. The van der Waals surface area contributed by atoms with Crippen molar-refractivity contribution in [3.63, 3.8) is 0 Å². The number of rotatable bonds is 4. The van der Waals surface area contributed by atoms with Gasteiger partial charge in [0.2, 0.25) is 5.95 Å². The number of aromatic nitrogens is 7. The van der Waals surface area contributed by atoms with Gasteiger partial charge in [-0.25, -0.2) is 15.0 Å². The highest BCUT2D eigenvalue weighted by Crippen LogP contribution is 2.42. The molecule has 10 rings (SSSR count). The zero-order valence-corrected chi connectivity index (χ0v) is 25.6. The van der Waals surface area contributed by atoms with Crippen LogP contribution < -0.4 is 0 Å². The minimum absolute atomic E-state index is 0.558. The lowest BCUT2D eigenvalue weighted by molar-refractivity contribution is 0.953. The summed E-state index contributed by atoms with van der Waals surface area (Å²) in [6.07, 6.45) is 3.49. The Kier molecular flexibility index (Phi) is 5.74. The van der Waals surface area contributed by atoms with Crippen LogP contribution in [0, 0.1) is 0 Å². The van der Waals surface area contributed by atoms with Crippen molar-refractivity contribution in [2.75, 3.05) is 0 Å². The first kappa shape index (κ1) is 26.5. The van der Waals surface area contributed by atoms with Crippen molar-refractivity contribution in [1.29, 1.82) is 0 Å². The SMILES string of the molecule is c1ccc(-c2nc(-c3ccccc3)nc(-n3c4ccccc4c4ccc5c6cc7cncnc7cc6n(-c6ccccc6)c5c43)n2)cc1. The van der Waals surface area contributed by atoms with E-state index >= 15 is 0 Å². The molecule has 0 radical (unpaired) electrons. The Morgan fingerprint density at radius 2 is 1.06 bits per heavy atom. The van der Waals surface area contributed by atoms with Crippen LogP contribution in [0.15, 0.2) is 152 Å². The van der Waals surface area contributed by atoms with Gasteiger partial charge < -0.3 is 4.57 Å². The van der Waals surface area contributed by atoms with Gasteiger partial charge in [-0.3, -0.25) is 4.57 Å². The summed E-state index contributed by atoms with van der Waals surface area (Å²) in [6, 6.07) is 48.1. The molecule has 0 amide bonds. The summed E-state index contributed by atoms with van der Waals surface area (Å²) in [5.41, 5.74) is 7.98. The second kappa shape index (κ2) is 10.4. The molecule has 6 aromatic carbocycles. The lowest BCUT2D eigenvalue weighted by Gasteiger charge is -2.13. The highest BCUT2D eigenvalue weighted by Gasteiger charge is 2.23. The van der Waals surface area contributed by atoms with E-state index in [0.717, 1.165) is 71.3 Å². The van der Waals surface area contributed by atoms with Gasteiger partial charge in [-0.05, 0) is 30.3 Å². The molecule has 0 aliphatic carbocycles. The highest BCUT2D eigenvalue weighted by atomic mass is 15.2. The van der Waals surface area contributed by atoms with E-state index in [4.69, 9.17) is 15.0 Å². The van der Waals surface area contributed by atoms with Crippen molar-refractivity contribution in [3.8, 4) is 34.4 Å². The van der Waals surface area contributed by atoms with E-state index in [0.29, 0.717) is 17.6 Å². The van der Waals surface area contributed by atoms with Gasteiger partial charge >= 0.3 is 0 Å². The zero-order chi connectivity index (χ0) is 31.6. The van der Waals surface area contributed by atoms with E-state index in [2.05, 4.69) is 91.9 Å². The number of benzene rings is 6. The van der Waals surface area contributed by atoms with E-state index < -0.39 is 0 Å². The molecular weight excluding hydrogens is 591 g/mol. The molecule has 0 aliphatic rings. The minimum Gasteiger partial charge on any atom is -0.307 e. The minimum atomic E-state index is 0.558. The summed E-state index contributed by atoms with van der Waals surface area (Å²) in [6.45, 7) is 0. The third kappa shape index (κ3) is 3.98. The summed E-state index contributed by atoms with van der Waals surface area (Å²) in [5.74, 6) is 1.79. The van der Waals surface area contributed by atoms with Crippen molar-refractivity contribution in [2.24, 2.45) is 0 Å². The van der Waals surface area contributed by atoms with Crippen LogP contribution in [-0.2, 0) is 0 Å². The number of hydrogen-bond acceptors (Lipinski definition) is 5. The van der Waals surface area contributed by atoms with Gasteiger partial charge in [-0.2, -0.15) is 9.97 Å². The monoisotopic (exact) mass is 615 g/mol. The number of hydrogen-bond donors (Lipinski definition) is 0. The summed E-state index contributed by atoms with van der Waals surface area (Å²) in [4.78, 5) is 24.3. The smallest absolute Gasteiger partial charge is 0.238 e. The average molecular weight is 616 g/mol. The third-order valence-electron chi connectivity index (χ3n) is 9.09. The first-order valence-corrected chi connectivity index (χ1v) is 15.8. The maximum atomic E-state index is 5.19.